The first-order valence-electron chi connectivity index (χ1n) is 33.9. The van der Waals surface area contributed by atoms with Crippen LogP contribution in [0.2, 0.25) is 0 Å². The van der Waals surface area contributed by atoms with Gasteiger partial charge in [0, 0.05) is 131 Å². The van der Waals surface area contributed by atoms with Crippen LogP contribution in [0.1, 0.15) is 177 Å². The quantitative estimate of drug-likeness (QED) is 0.0575. The van der Waals surface area contributed by atoms with Gasteiger partial charge in [0.2, 0.25) is 0 Å². The molecule has 7 aliphatic heterocycles. The molecule has 0 saturated carbocycles. The molecule has 552 valence electrons. The Labute approximate surface area is 586 Å². The summed E-state index contributed by atoms with van der Waals surface area (Å²) in [5, 5.41) is 63.2. The molecule has 7 heterocycles. The van der Waals surface area contributed by atoms with Crippen LogP contribution in [0.15, 0.2) is 58.4 Å². The lowest BCUT2D eigenvalue weighted by atomic mass is 9.94. The van der Waals surface area contributed by atoms with Crippen LogP contribution in [0.4, 0.5) is 0 Å². The number of rotatable bonds is 5. The van der Waals surface area contributed by atoms with E-state index in [1.165, 1.54) is 87.9 Å². The molecule has 2 aromatic rings. The van der Waals surface area contributed by atoms with Gasteiger partial charge < -0.3 is 55.1 Å². The average molecular weight is 1380 g/mol. The lowest BCUT2D eigenvalue weighted by molar-refractivity contribution is -0.191. The zero-order chi connectivity index (χ0) is 75.2. The van der Waals surface area contributed by atoms with Crippen molar-refractivity contribution in [1.82, 2.24) is 39.2 Å². The summed E-state index contributed by atoms with van der Waals surface area (Å²) in [6.45, 7) is 46.4. The standard InChI is InChI=1S/C9H18N2.C8H14N2O2.C8H10O2S.C8H10.C7H14N2.C6H12N2.2C5H10N2.C5H12N2.C4H8N2.C3H7N.C2H6N2.CO2/c1-3-9-4-6-11(7-5-9)8(2)10;1-7(9)10-4-2-8(3-5-10)12-6-11;1-7-5-3-4-6-8(7)11(2,9)10;1-7-5-3-4-6-8(7)2;1-7(8)9-5-3-2-4-6-9;1-6(7)8-4-2-3-5-8;1-5-6-3-4-7(5)2;1-5(6)7-3-2-4-7;1-4-7(3)5(2)6;1-4(5)6-2-3-6;1-3(2)4;1-2(3)4;2-1-3/h9-10H,3-7H2,1-2H3;6,8-9H,2-5H2,1H3;3-6H,1-2H3;3-6H,1-2H3;8H,2-6H2,1H3;7H,2-5H2,1H3;3-4H2,1-2H3;6H,2-4H2,1H3;6H,4H2,1-3H3;5H,2-3H2,1H3;4H,1-2H3;1H3,(H3,3,4);. The van der Waals surface area contributed by atoms with Crippen LogP contribution in [-0.2, 0) is 29.0 Å². The molecular formula is C71H131N19O6S. The molecule has 0 aliphatic carbocycles. The molecule has 9 rings (SSSR count). The van der Waals surface area contributed by atoms with Gasteiger partial charge in [-0.15, -0.1) is 0 Å². The molecular weight excluding hydrogens is 1250 g/mol. The number of carbonyl (C=O) groups excluding carboxylic acids is 3. The zero-order valence-electron chi connectivity index (χ0n) is 63.2. The number of nitrogens with two attached hydrogens (primary N) is 1. The minimum Gasteiger partial charge on any atom is -0.464 e. The molecule has 0 unspecified atom stereocenters. The molecule has 0 bridgehead atoms. The van der Waals surface area contributed by atoms with Crippen molar-refractivity contribution in [2.24, 2.45) is 16.6 Å². The molecule has 0 amide bonds. The number of likely N-dealkylation sites (N-methyl/N-ethyl adjacent to an activating group) is 1. The number of aliphatic imine (C=N–C) groups is 1. The van der Waals surface area contributed by atoms with Gasteiger partial charge in [0.1, 0.15) is 6.10 Å². The second kappa shape index (κ2) is 57.2. The predicted molar refractivity (Wildman–Crippen MR) is 405 cm³/mol. The number of sulfone groups is 1. The van der Waals surface area contributed by atoms with E-state index in [2.05, 4.69) is 81.6 Å². The average Bonchev–Trinajstić information content (AvgIpc) is 1.74. The topological polar surface area (TPSA) is 373 Å². The first kappa shape index (κ1) is 95.5. The number of piperidine rings is 3. The Balaban J connectivity index is -0.000000490. The highest BCUT2D eigenvalue weighted by atomic mass is 32.2. The number of amidine groups is 9. The van der Waals surface area contributed by atoms with Crippen molar-refractivity contribution >= 4 is 80.7 Å². The molecule has 0 radical (unpaired) electrons. The molecule has 7 aliphatic rings. The molecule has 11 N–H and O–H groups in total. The van der Waals surface area contributed by atoms with Gasteiger partial charge in [0.25, 0.3) is 6.47 Å². The monoisotopic (exact) mass is 1380 g/mol. The van der Waals surface area contributed by atoms with Crippen LogP contribution < -0.4 is 5.73 Å². The third kappa shape index (κ3) is 54.9. The second-order valence-corrected chi connectivity index (χ2v) is 26.7. The summed E-state index contributed by atoms with van der Waals surface area (Å²) in [4.78, 5) is 47.3. The van der Waals surface area contributed by atoms with Crippen molar-refractivity contribution < 1.29 is 27.5 Å². The molecule has 0 spiro atoms. The van der Waals surface area contributed by atoms with Gasteiger partial charge in [-0.1, -0.05) is 55.8 Å². The fourth-order valence-electron chi connectivity index (χ4n) is 8.92. The number of benzene rings is 2. The zero-order valence-corrected chi connectivity index (χ0v) is 64.0. The summed E-state index contributed by atoms with van der Waals surface area (Å²) in [5.74, 6) is 7.09. The van der Waals surface area contributed by atoms with Gasteiger partial charge >= 0.3 is 6.15 Å². The summed E-state index contributed by atoms with van der Waals surface area (Å²) >= 11 is 0. The summed E-state index contributed by atoms with van der Waals surface area (Å²) < 4.78 is 26.9. The predicted octanol–water partition coefficient (Wildman–Crippen LogP) is 11.7. The Morgan fingerprint density at radius 1 is 0.546 bits per heavy atom. The van der Waals surface area contributed by atoms with Crippen LogP contribution in [0.25, 0.3) is 0 Å². The van der Waals surface area contributed by atoms with E-state index >= 15 is 0 Å². The van der Waals surface area contributed by atoms with Gasteiger partial charge in [0.15, 0.2) is 9.84 Å². The van der Waals surface area contributed by atoms with Crippen molar-refractivity contribution in [3.8, 4) is 0 Å². The highest BCUT2D eigenvalue weighted by Gasteiger charge is 2.21. The van der Waals surface area contributed by atoms with Crippen molar-refractivity contribution in [3.63, 3.8) is 0 Å². The molecule has 0 aromatic heterocycles. The van der Waals surface area contributed by atoms with Crippen molar-refractivity contribution in [1.29, 1.82) is 48.7 Å². The van der Waals surface area contributed by atoms with E-state index in [-0.39, 0.29) is 18.1 Å². The number of hydrogen-bond acceptors (Lipinski definition) is 17. The number of hydrogen-bond donors (Lipinski definition) is 10. The molecule has 26 heteroatoms. The molecule has 0 atom stereocenters. The normalized spacial score (nSPS) is 15.3. The lowest BCUT2D eigenvalue weighted by Gasteiger charge is -2.32. The van der Waals surface area contributed by atoms with E-state index in [1.807, 2.05) is 76.3 Å². The van der Waals surface area contributed by atoms with Crippen molar-refractivity contribution in [2.75, 3.05) is 119 Å². The first-order chi connectivity index (χ1) is 45.4. The molecule has 6 saturated heterocycles. The first-order valence-corrected chi connectivity index (χ1v) is 35.8. The van der Waals surface area contributed by atoms with Crippen LogP contribution in [0.3, 0.4) is 0 Å². The minimum absolute atomic E-state index is 0.0677. The summed E-state index contributed by atoms with van der Waals surface area (Å²) in [7, 11) is 0.933. The molecule has 97 heavy (non-hydrogen) atoms. The maximum atomic E-state index is 11.1. The highest BCUT2D eigenvalue weighted by molar-refractivity contribution is 7.90. The Kier molecular flexibility index (Phi) is 56.4. The SMILES string of the molecule is CC(=N)N.CC(=N)N1CC1.CC(=N)N1CCC(OC=O)CC1.CC(=N)N1CCC1.CC(=N)N1CCCC1.CC(=N)N1CCCCC1.CC(C)=N.CC1=NCCN1C.CCC1CCN(C(C)=N)CC1.CCN(C)C(C)=N.Cc1ccccc1C.Cc1ccccc1S(C)(=O)=O.O=C=O. The van der Waals surface area contributed by atoms with Gasteiger partial charge in [-0.2, -0.15) is 9.59 Å². The largest absolute Gasteiger partial charge is 0.464 e. The van der Waals surface area contributed by atoms with E-state index < -0.39 is 9.84 Å². The van der Waals surface area contributed by atoms with Crippen molar-refractivity contribution in [2.45, 2.75) is 192 Å². The number of ether oxygens (including phenoxy) is 1. The Bertz CT molecular complexity index is 2720. The molecule has 2 aromatic carbocycles. The van der Waals surface area contributed by atoms with Gasteiger partial charge in [-0.25, -0.2) is 8.42 Å². The number of likely N-dealkylation sites (tertiary alicyclic amines) is 5. The highest BCUT2D eigenvalue weighted by Crippen LogP contribution is 2.20. The van der Waals surface area contributed by atoms with Gasteiger partial charge in [-0.05, 0) is 184 Å². The van der Waals surface area contributed by atoms with Crippen LogP contribution in [0.5, 0.6) is 0 Å². The Morgan fingerprint density at radius 3 is 1.04 bits per heavy atom. The van der Waals surface area contributed by atoms with E-state index in [0.29, 0.717) is 40.4 Å². The minimum atomic E-state index is -3.03. The number of nitrogens with one attached hydrogen (secondary N) is 9. The maximum Gasteiger partial charge on any atom is 0.373 e. The van der Waals surface area contributed by atoms with Crippen LogP contribution >= 0.6 is 0 Å². The van der Waals surface area contributed by atoms with E-state index in [0.717, 1.165) is 140 Å². The third-order valence-corrected chi connectivity index (χ3v) is 17.0. The lowest BCUT2D eigenvalue weighted by Crippen LogP contribution is -2.40. The maximum absolute atomic E-state index is 11.1. The van der Waals surface area contributed by atoms with Crippen molar-refractivity contribution in [3.05, 3.63) is 65.2 Å². The summed E-state index contributed by atoms with van der Waals surface area (Å²) in [6, 6.07) is 15.3. The molecule has 25 nitrogen and oxygen atoms in total. The fourth-order valence-corrected chi connectivity index (χ4v) is 9.90. The van der Waals surface area contributed by atoms with E-state index in [4.69, 9.17) is 68.7 Å². The van der Waals surface area contributed by atoms with Crippen LogP contribution in [0, 0.1) is 75.4 Å². The summed E-state index contributed by atoms with van der Waals surface area (Å²) in [6.07, 6.45) is 14.8. The van der Waals surface area contributed by atoms with E-state index in [9.17, 15) is 13.2 Å². The summed E-state index contributed by atoms with van der Waals surface area (Å²) in [5.41, 5.74) is 8.90. The third-order valence-electron chi connectivity index (χ3n) is 15.8. The number of nitrogens with zero attached hydrogens (tertiary/aromatic N) is 9. The Hall–Kier alpha value is -7.86. The Morgan fingerprint density at radius 2 is 0.856 bits per heavy atom. The number of aryl methyl sites for hydroxylation is 3. The molecule has 6 fully saturated rings. The second-order valence-electron chi connectivity index (χ2n) is 24.7. The fraction of sp³-hybridized carbons (Fsp3) is 0.662. The number of carbonyl (C=O) groups is 1. The van der Waals surface area contributed by atoms with E-state index in [1.54, 1.807) is 52.8 Å². The van der Waals surface area contributed by atoms with Gasteiger partial charge in [-0.3, -0.25) is 53.1 Å². The smallest absolute Gasteiger partial charge is 0.373 e. The van der Waals surface area contributed by atoms with Gasteiger partial charge in [0.05, 0.1) is 64.0 Å². The van der Waals surface area contributed by atoms with Crippen LogP contribution in [-0.4, -0.2) is 243 Å².